The molecule has 63 valence electrons. The van der Waals surface area contributed by atoms with E-state index < -0.39 is 5.97 Å². The number of carboxylic acid groups (broad SMARTS) is 1. The van der Waals surface area contributed by atoms with Crippen molar-refractivity contribution >= 4 is 5.97 Å². The maximum atomic E-state index is 10.4. The molecule has 0 atom stereocenters. The summed E-state index contributed by atoms with van der Waals surface area (Å²) < 4.78 is 0. The normalized spacial score (nSPS) is 8.45. The maximum absolute atomic E-state index is 10.4. The zero-order valence-corrected chi connectivity index (χ0v) is 6.91. The van der Waals surface area contributed by atoms with Crippen molar-refractivity contribution in [1.29, 1.82) is 0 Å². The van der Waals surface area contributed by atoms with Crippen LogP contribution in [0.1, 0.15) is 15.9 Å². The van der Waals surface area contributed by atoms with E-state index in [4.69, 9.17) is 5.11 Å². The minimum atomic E-state index is -0.863. The second-order valence-corrected chi connectivity index (χ2v) is 2.12. The predicted molar refractivity (Wildman–Crippen MR) is 38.1 cm³/mol. The van der Waals surface area contributed by atoms with E-state index in [0.717, 1.165) is 5.56 Å². The van der Waals surface area contributed by atoms with Crippen LogP contribution in [0, 0.1) is 6.92 Å². The third-order valence-corrected chi connectivity index (χ3v) is 1.38. The fraction of sp³-hybridized carbons (Fsp3) is 0.125. The van der Waals surface area contributed by atoms with E-state index in [1.54, 1.807) is 25.1 Å². The predicted octanol–water partition coefficient (Wildman–Crippen LogP) is 1.69. The van der Waals surface area contributed by atoms with Crippen molar-refractivity contribution in [1.82, 2.24) is 0 Å². The third kappa shape index (κ3) is 2.37. The van der Waals surface area contributed by atoms with E-state index in [9.17, 15) is 4.79 Å². The molecule has 0 heterocycles. The summed E-state index contributed by atoms with van der Waals surface area (Å²) in [5, 5.41) is 8.57. The molecule has 0 aliphatic heterocycles. The number of hydrogen-bond donors (Lipinski definition) is 1. The Morgan fingerprint density at radius 2 is 1.91 bits per heavy atom. The Balaban J connectivity index is 0.000001000. The van der Waals surface area contributed by atoms with E-state index in [1.807, 2.05) is 6.07 Å². The van der Waals surface area contributed by atoms with Crippen molar-refractivity contribution in [2.75, 3.05) is 0 Å². The van der Waals surface area contributed by atoms with Crippen LogP contribution in [-0.4, -0.2) is 11.1 Å². The molecule has 0 saturated carbocycles. The molecule has 0 fully saturated rings. The number of carboxylic acids is 1. The summed E-state index contributed by atoms with van der Waals surface area (Å²) >= 11 is 0. The van der Waals surface area contributed by atoms with Crippen molar-refractivity contribution in [3.05, 3.63) is 35.4 Å². The number of aromatic carboxylic acids is 1. The van der Waals surface area contributed by atoms with Crippen LogP contribution in [0.25, 0.3) is 0 Å². The Bertz CT molecular complexity index is 258. The molecule has 0 amide bonds. The minimum absolute atomic E-state index is 0. The second kappa shape index (κ2) is 4.16. The first-order chi connectivity index (χ1) is 4.72. The zero-order chi connectivity index (χ0) is 7.56. The fourth-order valence-electron chi connectivity index (χ4n) is 0.813. The topological polar surface area (TPSA) is 37.3 Å². The van der Waals surface area contributed by atoms with E-state index in [0.29, 0.717) is 5.56 Å². The van der Waals surface area contributed by atoms with E-state index in [1.165, 1.54) is 0 Å². The summed E-state index contributed by atoms with van der Waals surface area (Å²) in [6.07, 6.45) is 0. The molecule has 1 radical (unpaired) electrons. The first-order valence-corrected chi connectivity index (χ1v) is 3.01. The summed E-state index contributed by atoms with van der Waals surface area (Å²) in [6, 6.07) is 6.92. The van der Waals surface area contributed by atoms with Crippen molar-refractivity contribution in [3.8, 4) is 0 Å². The van der Waals surface area contributed by atoms with Crippen LogP contribution in [0.2, 0.25) is 0 Å². The number of benzene rings is 1. The summed E-state index contributed by atoms with van der Waals surface area (Å²) in [5.74, 6) is -0.863. The molecule has 3 heteroatoms. The Morgan fingerprint density at radius 1 is 1.36 bits per heavy atom. The van der Waals surface area contributed by atoms with Gasteiger partial charge in [0.05, 0.1) is 5.56 Å². The molecule has 1 aromatic carbocycles. The van der Waals surface area contributed by atoms with Gasteiger partial charge in [0.25, 0.3) is 0 Å². The SMILES string of the molecule is Cc1ccccc1C(=O)O.[Cu]. The quantitative estimate of drug-likeness (QED) is 0.699. The van der Waals surface area contributed by atoms with Gasteiger partial charge in [0.1, 0.15) is 0 Å². The molecule has 1 N–H and O–H groups in total. The molecule has 2 nitrogen and oxygen atoms in total. The first-order valence-electron chi connectivity index (χ1n) is 3.01. The van der Waals surface area contributed by atoms with Gasteiger partial charge in [-0.2, -0.15) is 0 Å². The van der Waals surface area contributed by atoms with Gasteiger partial charge in [0.2, 0.25) is 0 Å². The van der Waals surface area contributed by atoms with E-state index in [2.05, 4.69) is 0 Å². The van der Waals surface area contributed by atoms with Gasteiger partial charge in [-0.1, -0.05) is 18.2 Å². The Morgan fingerprint density at radius 3 is 2.27 bits per heavy atom. The molecule has 0 aromatic heterocycles. The van der Waals surface area contributed by atoms with Crippen molar-refractivity contribution in [2.45, 2.75) is 6.92 Å². The summed E-state index contributed by atoms with van der Waals surface area (Å²) in [7, 11) is 0. The van der Waals surface area contributed by atoms with Gasteiger partial charge < -0.3 is 5.11 Å². The molecular formula is C8H8CuO2. The van der Waals surface area contributed by atoms with Gasteiger partial charge in [-0.05, 0) is 18.6 Å². The maximum Gasteiger partial charge on any atom is 0.335 e. The number of carbonyl (C=O) groups is 1. The van der Waals surface area contributed by atoms with Crippen molar-refractivity contribution < 1.29 is 27.0 Å². The second-order valence-electron chi connectivity index (χ2n) is 2.12. The van der Waals surface area contributed by atoms with Crippen LogP contribution >= 0.6 is 0 Å². The van der Waals surface area contributed by atoms with Gasteiger partial charge in [0.15, 0.2) is 0 Å². The average Bonchev–Trinajstić information content (AvgIpc) is 1.88. The molecular weight excluding hydrogens is 192 g/mol. The number of hydrogen-bond acceptors (Lipinski definition) is 1. The molecule has 11 heavy (non-hydrogen) atoms. The van der Waals surface area contributed by atoms with Crippen LogP contribution in [-0.2, 0) is 17.1 Å². The van der Waals surface area contributed by atoms with Crippen LogP contribution in [0.5, 0.6) is 0 Å². The van der Waals surface area contributed by atoms with Crippen LogP contribution < -0.4 is 0 Å². The zero-order valence-electron chi connectivity index (χ0n) is 5.97. The minimum Gasteiger partial charge on any atom is -0.478 e. The smallest absolute Gasteiger partial charge is 0.335 e. The molecule has 0 saturated heterocycles. The monoisotopic (exact) mass is 199 g/mol. The Hall–Kier alpha value is -0.791. The van der Waals surface area contributed by atoms with Gasteiger partial charge in [0, 0.05) is 17.1 Å². The fourth-order valence-corrected chi connectivity index (χ4v) is 0.813. The van der Waals surface area contributed by atoms with Crippen molar-refractivity contribution in [3.63, 3.8) is 0 Å². The first kappa shape index (κ1) is 10.2. The van der Waals surface area contributed by atoms with E-state index >= 15 is 0 Å². The van der Waals surface area contributed by atoms with Gasteiger partial charge in [-0.3, -0.25) is 0 Å². The molecule has 0 aliphatic rings. The third-order valence-electron chi connectivity index (χ3n) is 1.38. The number of aryl methyl sites for hydroxylation is 1. The largest absolute Gasteiger partial charge is 0.478 e. The number of rotatable bonds is 1. The Kier molecular flexibility index (Phi) is 3.86. The summed E-state index contributed by atoms with van der Waals surface area (Å²) in [4.78, 5) is 10.4. The molecule has 0 unspecified atom stereocenters. The van der Waals surface area contributed by atoms with Crippen LogP contribution in [0.3, 0.4) is 0 Å². The standard InChI is InChI=1S/C8H8O2.Cu/c1-6-4-2-3-5-7(6)8(9)10;/h2-5H,1H3,(H,9,10);. The van der Waals surface area contributed by atoms with Gasteiger partial charge >= 0.3 is 5.97 Å². The molecule has 0 aliphatic carbocycles. The molecule has 1 rings (SSSR count). The van der Waals surface area contributed by atoms with E-state index in [-0.39, 0.29) is 17.1 Å². The summed E-state index contributed by atoms with van der Waals surface area (Å²) in [6.45, 7) is 1.78. The van der Waals surface area contributed by atoms with Crippen LogP contribution in [0.4, 0.5) is 0 Å². The summed E-state index contributed by atoms with van der Waals surface area (Å²) in [5.41, 5.74) is 1.18. The Labute approximate surface area is 75.7 Å². The van der Waals surface area contributed by atoms with Crippen LogP contribution in [0.15, 0.2) is 24.3 Å². The average molecular weight is 200 g/mol. The van der Waals surface area contributed by atoms with Crippen molar-refractivity contribution in [2.24, 2.45) is 0 Å². The molecule has 0 bridgehead atoms. The molecule has 0 spiro atoms. The van der Waals surface area contributed by atoms with Gasteiger partial charge in [-0.25, -0.2) is 4.79 Å². The molecule has 1 aromatic rings. The van der Waals surface area contributed by atoms with Gasteiger partial charge in [-0.15, -0.1) is 0 Å².